The van der Waals surface area contributed by atoms with Crippen molar-refractivity contribution in [1.29, 1.82) is 0 Å². The lowest BCUT2D eigenvalue weighted by atomic mass is 10.2. The Kier molecular flexibility index (Phi) is 3.69. The van der Waals surface area contributed by atoms with Gasteiger partial charge in [0, 0.05) is 16.7 Å². The summed E-state index contributed by atoms with van der Waals surface area (Å²) in [5.74, 6) is 0. The van der Waals surface area contributed by atoms with Crippen LogP contribution in [-0.4, -0.2) is 11.5 Å². The Balaban J connectivity index is 2.68. The summed E-state index contributed by atoms with van der Waals surface area (Å²) in [6.45, 7) is 5.17. The lowest BCUT2D eigenvalue weighted by Gasteiger charge is -2.10. The summed E-state index contributed by atoms with van der Waals surface area (Å²) in [5.41, 5.74) is 1.08. The Morgan fingerprint density at radius 2 is 2.33 bits per heavy atom. The normalized spacial score (nSPS) is 12.9. The number of nitrogens with one attached hydrogen (secondary N) is 1. The Labute approximate surface area is 81.5 Å². The zero-order valence-electron chi connectivity index (χ0n) is 7.34. The quantitative estimate of drug-likeness (QED) is 0.861. The molecule has 1 heterocycles. The summed E-state index contributed by atoms with van der Waals surface area (Å²) in [6.07, 6.45) is 1.82. The fourth-order valence-corrected chi connectivity index (χ4v) is 1.29. The molecule has 0 aromatic carbocycles. The molecule has 0 radical (unpaired) electrons. The van der Waals surface area contributed by atoms with Crippen LogP contribution in [0.25, 0.3) is 0 Å². The fraction of sp³-hybridized carbons (Fsp3) is 0.444. The molecule has 12 heavy (non-hydrogen) atoms. The molecule has 0 aliphatic rings. The van der Waals surface area contributed by atoms with Crippen LogP contribution in [0.1, 0.15) is 25.6 Å². The van der Waals surface area contributed by atoms with Gasteiger partial charge in [-0.25, -0.2) is 0 Å². The van der Waals surface area contributed by atoms with Crippen molar-refractivity contribution in [2.45, 2.75) is 19.9 Å². The molecule has 0 saturated heterocycles. The first kappa shape index (κ1) is 9.68. The van der Waals surface area contributed by atoms with E-state index < -0.39 is 0 Å². The summed E-state index contributed by atoms with van der Waals surface area (Å²) in [5, 5.41) is 3.30. The summed E-state index contributed by atoms with van der Waals surface area (Å²) >= 11 is 3.35. The second-order valence-corrected chi connectivity index (χ2v) is 3.60. The third-order valence-electron chi connectivity index (χ3n) is 1.70. The van der Waals surface area contributed by atoms with Crippen molar-refractivity contribution in [1.82, 2.24) is 10.3 Å². The summed E-state index contributed by atoms with van der Waals surface area (Å²) in [6, 6.07) is 4.37. The van der Waals surface area contributed by atoms with Crippen LogP contribution in [0, 0.1) is 0 Å². The van der Waals surface area contributed by atoms with E-state index in [2.05, 4.69) is 40.1 Å². The first-order chi connectivity index (χ1) is 5.74. The standard InChI is InChI=1S/C9H13BrN2/c1-3-11-7(2)9-5-4-8(10)6-12-9/h4-7,11H,3H2,1-2H3. The number of aromatic nitrogens is 1. The summed E-state index contributed by atoms with van der Waals surface area (Å²) in [4.78, 5) is 4.29. The van der Waals surface area contributed by atoms with Crippen LogP contribution in [0.3, 0.4) is 0 Å². The van der Waals surface area contributed by atoms with E-state index in [-0.39, 0.29) is 0 Å². The average molecular weight is 229 g/mol. The highest BCUT2D eigenvalue weighted by molar-refractivity contribution is 9.10. The van der Waals surface area contributed by atoms with Gasteiger partial charge in [-0.1, -0.05) is 6.92 Å². The molecule has 1 aromatic heterocycles. The Morgan fingerprint density at radius 1 is 1.58 bits per heavy atom. The zero-order valence-corrected chi connectivity index (χ0v) is 8.93. The molecule has 1 unspecified atom stereocenters. The number of rotatable bonds is 3. The van der Waals surface area contributed by atoms with Gasteiger partial charge in [-0.05, 0) is 41.5 Å². The molecule has 0 amide bonds. The van der Waals surface area contributed by atoms with Gasteiger partial charge in [-0.15, -0.1) is 0 Å². The topological polar surface area (TPSA) is 24.9 Å². The molecule has 2 nitrogen and oxygen atoms in total. The smallest absolute Gasteiger partial charge is 0.0571 e. The maximum atomic E-state index is 4.29. The van der Waals surface area contributed by atoms with E-state index in [1.54, 1.807) is 0 Å². The van der Waals surface area contributed by atoms with E-state index in [0.717, 1.165) is 16.7 Å². The summed E-state index contributed by atoms with van der Waals surface area (Å²) in [7, 11) is 0. The van der Waals surface area contributed by atoms with Gasteiger partial charge >= 0.3 is 0 Å². The minimum Gasteiger partial charge on any atom is -0.309 e. The molecule has 0 saturated carbocycles. The number of halogens is 1. The SMILES string of the molecule is CCNC(C)c1ccc(Br)cn1. The predicted octanol–water partition coefficient (Wildman–Crippen LogP) is 2.51. The molecule has 0 spiro atoms. The molecule has 1 aromatic rings. The van der Waals surface area contributed by atoms with Crippen molar-refractivity contribution in [3.63, 3.8) is 0 Å². The largest absolute Gasteiger partial charge is 0.309 e. The number of hydrogen-bond donors (Lipinski definition) is 1. The van der Waals surface area contributed by atoms with E-state index in [0.29, 0.717) is 6.04 Å². The van der Waals surface area contributed by atoms with Crippen LogP contribution in [-0.2, 0) is 0 Å². The Hall–Kier alpha value is -0.410. The van der Waals surface area contributed by atoms with Gasteiger partial charge < -0.3 is 5.32 Å². The van der Waals surface area contributed by atoms with Gasteiger partial charge in [0.25, 0.3) is 0 Å². The van der Waals surface area contributed by atoms with Gasteiger partial charge in [0.15, 0.2) is 0 Å². The van der Waals surface area contributed by atoms with Gasteiger partial charge in [0.1, 0.15) is 0 Å². The van der Waals surface area contributed by atoms with Crippen LogP contribution in [0.5, 0.6) is 0 Å². The van der Waals surface area contributed by atoms with Crippen molar-refractivity contribution in [2.24, 2.45) is 0 Å². The van der Waals surface area contributed by atoms with E-state index in [4.69, 9.17) is 0 Å². The van der Waals surface area contributed by atoms with Crippen molar-refractivity contribution in [2.75, 3.05) is 6.54 Å². The third-order valence-corrected chi connectivity index (χ3v) is 2.17. The van der Waals surface area contributed by atoms with Crippen LogP contribution >= 0.6 is 15.9 Å². The molecular formula is C9H13BrN2. The molecule has 0 aliphatic carbocycles. The Bertz CT molecular complexity index is 233. The van der Waals surface area contributed by atoms with Gasteiger partial charge in [-0.2, -0.15) is 0 Å². The van der Waals surface area contributed by atoms with Crippen molar-refractivity contribution < 1.29 is 0 Å². The zero-order chi connectivity index (χ0) is 8.97. The number of nitrogens with zero attached hydrogens (tertiary/aromatic N) is 1. The molecule has 66 valence electrons. The molecule has 3 heteroatoms. The van der Waals surface area contributed by atoms with E-state index >= 15 is 0 Å². The first-order valence-corrected chi connectivity index (χ1v) is 4.88. The second-order valence-electron chi connectivity index (χ2n) is 2.68. The van der Waals surface area contributed by atoms with Crippen LogP contribution in [0.15, 0.2) is 22.8 Å². The molecule has 1 rings (SSSR count). The summed E-state index contributed by atoms with van der Waals surface area (Å²) < 4.78 is 1.02. The van der Waals surface area contributed by atoms with Gasteiger partial charge in [0.05, 0.1) is 5.69 Å². The van der Waals surface area contributed by atoms with E-state index in [9.17, 15) is 0 Å². The monoisotopic (exact) mass is 228 g/mol. The highest BCUT2D eigenvalue weighted by Crippen LogP contribution is 2.12. The molecule has 0 fully saturated rings. The van der Waals surface area contributed by atoms with Crippen molar-refractivity contribution >= 4 is 15.9 Å². The number of pyridine rings is 1. The Morgan fingerprint density at radius 3 is 2.83 bits per heavy atom. The lowest BCUT2D eigenvalue weighted by molar-refractivity contribution is 0.583. The molecule has 1 atom stereocenters. The van der Waals surface area contributed by atoms with Crippen LogP contribution in [0.2, 0.25) is 0 Å². The highest BCUT2D eigenvalue weighted by Gasteiger charge is 2.03. The molecule has 1 N–H and O–H groups in total. The minimum atomic E-state index is 0.336. The first-order valence-electron chi connectivity index (χ1n) is 4.09. The van der Waals surface area contributed by atoms with Crippen molar-refractivity contribution in [3.8, 4) is 0 Å². The van der Waals surface area contributed by atoms with Gasteiger partial charge in [0.2, 0.25) is 0 Å². The maximum Gasteiger partial charge on any atom is 0.0571 e. The second kappa shape index (κ2) is 4.58. The third kappa shape index (κ3) is 2.57. The van der Waals surface area contributed by atoms with E-state index in [1.807, 2.05) is 18.3 Å². The molecular weight excluding hydrogens is 216 g/mol. The molecule has 0 bridgehead atoms. The highest BCUT2D eigenvalue weighted by atomic mass is 79.9. The molecule has 0 aliphatic heterocycles. The number of hydrogen-bond acceptors (Lipinski definition) is 2. The van der Waals surface area contributed by atoms with Crippen LogP contribution in [0.4, 0.5) is 0 Å². The van der Waals surface area contributed by atoms with Gasteiger partial charge in [-0.3, -0.25) is 4.98 Å². The fourth-order valence-electron chi connectivity index (χ4n) is 1.05. The lowest BCUT2D eigenvalue weighted by Crippen LogP contribution is -2.18. The van der Waals surface area contributed by atoms with E-state index in [1.165, 1.54) is 0 Å². The predicted molar refractivity (Wildman–Crippen MR) is 54.0 cm³/mol. The van der Waals surface area contributed by atoms with Crippen molar-refractivity contribution in [3.05, 3.63) is 28.5 Å². The average Bonchev–Trinajstić information content (AvgIpc) is 2.06. The maximum absolute atomic E-state index is 4.29. The minimum absolute atomic E-state index is 0.336. The van der Waals surface area contributed by atoms with Crippen LogP contribution < -0.4 is 5.32 Å².